The molecule has 0 atom stereocenters. The number of nitrogen functional groups attached to an aromatic ring is 1. The fourth-order valence-electron chi connectivity index (χ4n) is 1.26. The third kappa shape index (κ3) is 1.79. The Hall–Kier alpha value is -2.18. The van der Waals surface area contributed by atoms with Crippen molar-refractivity contribution in [1.82, 2.24) is 24.5 Å². The van der Waals surface area contributed by atoms with Crippen molar-refractivity contribution < 1.29 is 0 Å². The quantitative estimate of drug-likeness (QED) is 0.760. The van der Waals surface area contributed by atoms with Gasteiger partial charge in [0.05, 0.1) is 0 Å². The topological polar surface area (TPSA) is 85.8 Å². The van der Waals surface area contributed by atoms with Crippen LogP contribution in [-0.2, 0) is 7.05 Å². The summed E-state index contributed by atoms with van der Waals surface area (Å²) < 4.78 is 1.83. The Balaban J connectivity index is 2.54. The SMILES string of the molecule is CN(C)c1nc(N)nc(-c2nccn2C)n1. The molecule has 7 heteroatoms. The zero-order chi connectivity index (χ0) is 11.7. The Bertz CT molecular complexity index is 502. The number of imidazole rings is 1. The highest BCUT2D eigenvalue weighted by Crippen LogP contribution is 2.15. The van der Waals surface area contributed by atoms with Crippen molar-refractivity contribution in [2.75, 3.05) is 24.7 Å². The van der Waals surface area contributed by atoms with E-state index < -0.39 is 0 Å². The predicted octanol–water partition coefficient (Wildman–Crippen LogP) is -0.0797. The molecule has 0 aromatic carbocycles. The van der Waals surface area contributed by atoms with E-state index in [1.165, 1.54) is 0 Å². The lowest BCUT2D eigenvalue weighted by Gasteiger charge is -2.11. The average Bonchev–Trinajstić information content (AvgIpc) is 2.63. The van der Waals surface area contributed by atoms with Gasteiger partial charge in [0.15, 0.2) is 5.82 Å². The van der Waals surface area contributed by atoms with Crippen LogP contribution in [0.1, 0.15) is 0 Å². The van der Waals surface area contributed by atoms with Gasteiger partial charge in [-0.3, -0.25) is 0 Å². The Morgan fingerprint density at radius 2 is 2.00 bits per heavy atom. The van der Waals surface area contributed by atoms with Crippen molar-refractivity contribution in [2.24, 2.45) is 7.05 Å². The number of aromatic nitrogens is 5. The van der Waals surface area contributed by atoms with Gasteiger partial charge >= 0.3 is 0 Å². The number of aryl methyl sites for hydroxylation is 1. The van der Waals surface area contributed by atoms with Crippen molar-refractivity contribution in [1.29, 1.82) is 0 Å². The Morgan fingerprint density at radius 3 is 2.56 bits per heavy atom. The number of hydrogen-bond acceptors (Lipinski definition) is 6. The average molecular weight is 219 g/mol. The molecule has 16 heavy (non-hydrogen) atoms. The van der Waals surface area contributed by atoms with Gasteiger partial charge < -0.3 is 15.2 Å². The van der Waals surface area contributed by atoms with Crippen LogP contribution < -0.4 is 10.6 Å². The van der Waals surface area contributed by atoms with E-state index in [1.54, 1.807) is 11.1 Å². The molecule has 7 nitrogen and oxygen atoms in total. The molecule has 0 aliphatic heterocycles. The summed E-state index contributed by atoms with van der Waals surface area (Å²) in [5, 5.41) is 0. The van der Waals surface area contributed by atoms with E-state index in [-0.39, 0.29) is 5.95 Å². The van der Waals surface area contributed by atoms with Gasteiger partial charge in [-0.05, 0) is 0 Å². The van der Waals surface area contributed by atoms with E-state index >= 15 is 0 Å². The molecule has 84 valence electrons. The van der Waals surface area contributed by atoms with E-state index in [1.807, 2.05) is 31.9 Å². The minimum absolute atomic E-state index is 0.191. The first-order valence-corrected chi connectivity index (χ1v) is 4.74. The van der Waals surface area contributed by atoms with Gasteiger partial charge in [0.25, 0.3) is 0 Å². The first-order chi connectivity index (χ1) is 7.58. The molecule has 0 aliphatic carbocycles. The number of hydrogen-bond donors (Lipinski definition) is 1. The molecule has 0 aliphatic rings. The molecular formula is C9H13N7. The van der Waals surface area contributed by atoms with Gasteiger partial charge in [0, 0.05) is 33.5 Å². The Kier molecular flexibility index (Phi) is 2.43. The highest BCUT2D eigenvalue weighted by molar-refractivity contribution is 5.49. The minimum Gasteiger partial charge on any atom is -0.368 e. The number of nitrogens with zero attached hydrogens (tertiary/aromatic N) is 6. The summed E-state index contributed by atoms with van der Waals surface area (Å²) in [6.07, 6.45) is 3.51. The molecule has 0 bridgehead atoms. The molecule has 2 aromatic rings. The third-order valence-electron chi connectivity index (χ3n) is 2.06. The number of rotatable bonds is 2. The summed E-state index contributed by atoms with van der Waals surface area (Å²) in [4.78, 5) is 18.3. The zero-order valence-electron chi connectivity index (χ0n) is 9.42. The van der Waals surface area contributed by atoms with Crippen molar-refractivity contribution in [3.8, 4) is 11.6 Å². The molecule has 0 unspecified atom stereocenters. The van der Waals surface area contributed by atoms with Crippen LogP contribution in [0.5, 0.6) is 0 Å². The summed E-state index contributed by atoms with van der Waals surface area (Å²) in [5.74, 6) is 1.85. The minimum atomic E-state index is 0.191. The molecule has 2 heterocycles. The molecule has 2 rings (SSSR count). The number of anilines is 2. The van der Waals surface area contributed by atoms with Crippen LogP contribution in [0.15, 0.2) is 12.4 Å². The van der Waals surface area contributed by atoms with Crippen LogP contribution in [0, 0.1) is 0 Å². The van der Waals surface area contributed by atoms with Gasteiger partial charge in [-0.2, -0.15) is 15.0 Å². The largest absolute Gasteiger partial charge is 0.368 e. The summed E-state index contributed by atoms with van der Waals surface area (Å²) in [7, 11) is 5.56. The molecule has 0 fully saturated rings. The fraction of sp³-hybridized carbons (Fsp3) is 0.333. The molecule has 2 N–H and O–H groups in total. The van der Waals surface area contributed by atoms with E-state index in [9.17, 15) is 0 Å². The van der Waals surface area contributed by atoms with E-state index in [0.29, 0.717) is 17.6 Å². The molecule has 0 saturated carbocycles. The second-order valence-corrected chi connectivity index (χ2v) is 3.57. The van der Waals surface area contributed by atoms with Crippen LogP contribution in [0.3, 0.4) is 0 Å². The smallest absolute Gasteiger partial charge is 0.230 e. The van der Waals surface area contributed by atoms with Crippen LogP contribution in [0.25, 0.3) is 11.6 Å². The third-order valence-corrected chi connectivity index (χ3v) is 2.06. The standard InChI is InChI=1S/C9H13N7/c1-15(2)9-13-6(12-8(10)14-9)7-11-4-5-16(7)3/h4-5H,1-3H3,(H2,10,12,13,14). The summed E-state index contributed by atoms with van der Waals surface area (Å²) in [6.45, 7) is 0. The van der Waals surface area contributed by atoms with Crippen molar-refractivity contribution in [3.63, 3.8) is 0 Å². The van der Waals surface area contributed by atoms with Gasteiger partial charge in [-0.1, -0.05) is 0 Å². The highest BCUT2D eigenvalue weighted by Gasteiger charge is 2.11. The fourth-order valence-corrected chi connectivity index (χ4v) is 1.26. The van der Waals surface area contributed by atoms with Crippen LogP contribution in [0.2, 0.25) is 0 Å². The van der Waals surface area contributed by atoms with Crippen molar-refractivity contribution in [2.45, 2.75) is 0 Å². The maximum Gasteiger partial charge on any atom is 0.230 e. The van der Waals surface area contributed by atoms with E-state index in [2.05, 4.69) is 19.9 Å². The monoisotopic (exact) mass is 219 g/mol. The van der Waals surface area contributed by atoms with E-state index in [0.717, 1.165) is 0 Å². The van der Waals surface area contributed by atoms with Crippen LogP contribution >= 0.6 is 0 Å². The summed E-state index contributed by atoms with van der Waals surface area (Å²) in [6, 6.07) is 0. The lowest BCUT2D eigenvalue weighted by atomic mass is 10.5. The molecule has 0 radical (unpaired) electrons. The van der Waals surface area contributed by atoms with E-state index in [4.69, 9.17) is 5.73 Å². The Morgan fingerprint density at radius 1 is 1.25 bits per heavy atom. The van der Waals surface area contributed by atoms with Crippen molar-refractivity contribution in [3.05, 3.63) is 12.4 Å². The summed E-state index contributed by atoms with van der Waals surface area (Å²) >= 11 is 0. The van der Waals surface area contributed by atoms with Crippen molar-refractivity contribution >= 4 is 11.9 Å². The van der Waals surface area contributed by atoms with Gasteiger partial charge in [-0.25, -0.2) is 4.98 Å². The van der Waals surface area contributed by atoms with Gasteiger partial charge in [0.1, 0.15) is 0 Å². The maximum absolute atomic E-state index is 5.63. The van der Waals surface area contributed by atoms with Gasteiger partial charge in [0.2, 0.25) is 17.7 Å². The molecule has 0 spiro atoms. The predicted molar refractivity (Wildman–Crippen MR) is 60.8 cm³/mol. The number of nitrogens with two attached hydrogens (primary N) is 1. The second-order valence-electron chi connectivity index (χ2n) is 3.57. The highest BCUT2D eigenvalue weighted by atomic mass is 15.3. The van der Waals surface area contributed by atoms with Crippen LogP contribution in [0.4, 0.5) is 11.9 Å². The molecule has 0 amide bonds. The molecular weight excluding hydrogens is 206 g/mol. The van der Waals surface area contributed by atoms with Crippen LogP contribution in [-0.4, -0.2) is 38.6 Å². The zero-order valence-corrected chi connectivity index (χ0v) is 9.42. The summed E-state index contributed by atoms with van der Waals surface area (Å²) in [5.41, 5.74) is 5.63. The maximum atomic E-state index is 5.63. The van der Waals surface area contributed by atoms with Gasteiger partial charge in [-0.15, -0.1) is 0 Å². The Labute approximate surface area is 93.0 Å². The normalized spacial score (nSPS) is 10.4. The second kappa shape index (κ2) is 3.76. The molecule has 0 saturated heterocycles. The lowest BCUT2D eigenvalue weighted by molar-refractivity contribution is 0.891. The lowest BCUT2D eigenvalue weighted by Crippen LogP contribution is -2.15. The first kappa shape index (κ1) is 10.3. The molecule has 2 aromatic heterocycles. The first-order valence-electron chi connectivity index (χ1n) is 4.74.